The van der Waals surface area contributed by atoms with E-state index in [1.165, 1.54) is 12.5 Å². The van der Waals surface area contributed by atoms with Crippen LogP contribution in [0.4, 0.5) is 0 Å². The van der Waals surface area contributed by atoms with Crippen LogP contribution in [0.2, 0.25) is 0 Å². The van der Waals surface area contributed by atoms with Gasteiger partial charge in [0.05, 0.1) is 5.52 Å². The van der Waals surface area contributed by atoms with Gasteiger partial charge in [-0.05, 0) is 25.1 Å². The Morgan fingerprint density at radius 3 is 2.44 bits per heavy atom. The first-order chi connectivity index (χ1) is 7.66. The van der Waals surface area contributed by atoms with Gasteiger partial charge in [0.25, 0.3) is 0 Å². The molecule has 2 aromatic rings. The van der Waals surface area contributed by atoms with Crippen LogP contribution in [0, 0.1) is 6.92 Å². The van der Waals surface area contributed by atoms with Gasteiger partial charge in [0.1, 0.15) is 5.69 Å². The van der Waals surface area contributed by atoms with Gasteiger partial charge in [-0.15, -0.1) is 0 Å². The molecule has 0 atom stereocenters. The Morgan fingerprint density at radius 1 is 1.12 bits per heavy atom. The number of hydrogen-bond acceptors (Lipinski definition) is 2. The fraction of sp³-hybridized carbons (Fsp3) is 0.286. The fourth-order valence-corrected chi connectivity index (χ4v) is 1.44. The van der Waals surface area contributed by atoms with Crippen molar-refractivity contribution in [3.05, 3.63) is 41.6 Å². The van der Waals surface area contributed by atoms with Crippen LogP contribution >= 0.6 is 0 Å². The topological polar surface area (TPSA) is 30.0 Å². The normalized spacial score (nSPS) is 9.50. The summed E-state index contributed by atoms with van der Waals surface area (Å²) in [6, 6.07) is 9.71. The summed E-state index contributed by atoms with van der Waals surface area (Å²) in [4.78, 5) is 15.4. The van der Waals surface area contributed by atoms with Crippen molar-refractivity contribution in [3.8, 4) is 0 Å². The molecule has 2 rings (SSSR count). The third-order valence-corrected chi connectivity index (χ3v) is 2.21. The van der Waals surface area contributed by atoms with Crippen molar-refractivity contribution in [2.75, 3.05) is 0 Å². The van der Waals surface area contributed by atoms with Crippen LogP contribution in [0.5, 0.6) is 0 Å². The molecule has 0 N–H and O–H groups in total. The summed E-state index contributed by atoms with van der Waals surface area (Å²) < 4.78 is 0. The minimum absolute atomic E-state index is 0.00692. The van der Waals surface area contributed by atoms with Gasteiger partial charge >= 0.3 is 0 Å². The van der Waals surface area contributed by atoms with Crippen molar-refractivity contribution < 1.29 is 4.79 Å². The fourth-order valence-electron chi connectivity index (χ4n) is 1.44. The van der Waals surface area contributed by atoms with Crippen LogP contribution in [0.3, 0.4) is 0 Å². The van der Waals surface area contributed by atoms with Crippen LogP contribution in [-0.2, 0) is 0 Å². The molecule has 2 heteroatoms. The molecule has 16 heavy (non-hydrogen) atoms. The van der Waals surface area contributed by atoms with Crippen molar-refractivity contribution in [3.63, 3.8) is 0 Å². The van der Waals surface area contributed by atoms with E-state index in [1.54, 1.807) is 6.07 Å². The Bertz CT molecular complexity index is 503. The summed E-state index contributed by atoms with van der Waals surface area (Å²) in [6.45, 7) is 7.57. The number of pyridine rings is 1. The second kappa shape index (κ2) is 5.40. The summed E-state index contributed by atoms with van der Waals surface area (Å²) in [5.41, 5.74) is 2.61. The maximum Gasteiger partial charge on any atom is 0.178 e. The average Bonchev–Trinajstić information content (AvgIpc) is 2.30. The number of benzene rings is 1. The quantitative estimate of drug-likeness (QED) is 0.678. The molecule has 0 saturated heterocycles. The third kappa shape index (κ3) is 2.66. The first-order valence-corrected chi connectivity index (χ1v) is 5.55. The molecule has 1 heterocycles. The molecule has 0 fully saturated rings. The molecule has 2 nitrogen and oxygen atoms in total. The standard InChI is InChI=1S/C12H11NO.C2H6/c1-8-3-5-12-10(7-8)4-6-11(13-12)9(2)14;1-2/h3-7H,1-2H3;1-2H3. The Kier molecular flexibility index (Phi) is 4.18. The van der Waals surface area contributed by atoms with E-state index >= 15 is 0 Å². The molecule has 1 aromatic carbocycles. The molecule has 0 saturated carbocycles. The molecule has 0 unspecified atom stereocenters. The zero-order valence-electron chi connectivity index (χ0n) is 10.2. The van der Waals surface area contributed by atoms with Crippen LogP contribution in [0.25, 0.3) is 10.9 Å². The molecule has 0 spiro atoms. The number of hydrogen-bond donors (Lipinski definition) is 0. The van der Waals surface area contributed by atoms with Crippen LogP contribution in [0.15, 0.2) is 30.3 Å². The molecule has 0 bridgehead atoms. The van der Waals surface area contributed by atoms with E-state index in [0.29, 0.717) is 5.69 Å². The molecule has 0 amide bonds. The predicted molar refractivity (Wildman–Crippen MR) is 67.8 cm³/mol. The lowest BCUT2D eigenvalue weighted by Gasteiger charge is -2.00. The second-order valence-corrected chi connectivity index (χ2v) is 3.45. The number of ketones is 1. The summed E-state index contributed by atoms with van der Waals surface area (Å²) in [7, 11) is 0. The van der Waals surface area contributed by atoms with E-state index < -0.39 is 0 Å². The average molecular weight is 215 g/mol. The van der Waals surface area contributed by atoms with Crippen molar-refractivity contribution in [2.24, 2.45) is 0 Å². The highest BCUT2D eigenvalue weighted by Gasteiger charge is 2.01. The number of aromatic nitrogens is 1. The molecule has 0 aliphatic heterocycles. The monoisotopic (exact) mass is 215 g/mol. The van der Waals surface area contributed by atoms with Crippen molar-refractivity contribution in [2.45, 2.75) is 27.7 Å². The SMILES string of the molecule is CC.CC(=O)c1ccc2cc(C)ccc2n1. The second-order valence-electron chi connectivity index (χ2n) is 3.45. The van der Waals surface area contributed by atoms with Gasteiger partial charge in [0.15, 0.2) is 5.78 Å². The number of carbonyl (C=O) groups excluding carboxylic acids is 1. The van der Waals surface area contributed by atoms with Crippen LogP contribution in [-0.4, -0.2) is 10.8 Å². The maximum absolute atomic E-state index is 11.1. The van der Waals surface area contributed by atoms with E-state index in [2.05, 4.69) is 11.1 Å². The van der Waals surface area contributed by atoms with Crippen LogP contribution < -0.4 is 0 Å². The summed E-state index contributed by atoms with van der Waals surface area (Å²) in [5.74, 6) is 0.00692. The Morgan fingerprint density at radius 2 is 1.81 bits per heavy atom. The smallest absolute Gasteiger partial charge is 0.178 e. The number of rotatable bonds is 1. The summed E-state index contributed by atoms with van der Waals surface area (Å²) in [5, 5.41) is 1.08. The van der Waals surface area contributed by atoms with E-state index in [9.17, 15) is 4.79 Å². The number of nitrogens with zero attached hydrogens (tertiary/aromatic N) is 1. The summed E-state index contributed by atoms with van der Waals surface area (Å²) in [6.07, 6.45) is 0. The minimum Gasteiger partial charge on any atom is -0.293 e. The zero-order valence-corrected chi connectivity index (χ0v) is 10.2. The third-order valence-electron chi connectivity index (χ3n) is 2.21. The van der Waals surface area contributed by atoms with Crippen LogP contribution in [0.1, 0.15) is 36.8 Å². The molecule has 84 valence electrons. The molecular weight excluding hydrogens is 198 g/mol. The zero-order chi connectivity index (χ0) is 12.1. The van der Waals surface area contributed by atoms with Gasteiger partial charge in [-0.25, -0.2) is 4.98 Å². The lowest BCUT2D eigenvalue weighted by Crippen LogP contribution is -1.96. The lowest BCUT2D eigenvalue weighted by atomic mass is 10.1. The molecule has 0 radical (unpaired) electrons. The van der Waals surface area contributed by atoms with Crippen molar-refractivity contribution in [1.29, 1.82) is 0 Å². The van der Waals surface area contributed by atoms with Gasteiger partial charge in [-0.3, -0.25) is 4.79 Å². The molecule has 0 aliphatic rings. The minimum atomic E-state index is 0.00692. The molecule has 1 aromatic heterocycles. The van der Waals surface area contributed by atoms with E-state index in [4.69, 9.17) is 0 Å². The largest absolute Gasteiger partial charge is 0.293 e. The highest BCUT2D eigenvalue weighted by atomic mass is 16.1. The molecule has 0 aliphatic carbocycles. The number of aryl methyl sites for hydroxylation is 1. The van der Waals surface area contributed by atoms with E-state index in [-0.39, 0.29) is 5.78 Å². The predicted octanol–water partition coefficient (Wildman–Crippen LogP) is 3.77. The highest BCUT2D eigenvalue weighted by Crippen LogP contribution is 2.14. The van der Waals surface area contributed by atoms with E-state index in [0.717, 1.165) is 10.9 Å². The Balaban J connectivity index is 0.000000606. The van der Waals surface area contributed by atoms with Crippen molar-refractivity contribution in [1.82, 2.24) is 4.98 Å². The van der Waals surface area contributed by atoms with Gasteiger partial charge in [0.2, 0.25) is 0 Å². The summed E-state index contributed by atoms with van der Waals surface area (Å²) >= 11 is 0. The Labute approximate surface area is 96.3 Å². The first kappa shape index (κ1) is 12.4. The number of fused-ring (bicyclic) bond motifs is 1. The van der Waals surface area contributed by atoms with Gasteiger partial charge < -0.3 is 0 Å². The number of carbonyl (C=O) groups is 1. The number of Topliss-reactive ketones (excluding diaryl/α,β-unsaturated/α-hetero) is 1. The lowest BCUT2D eigenvalue weighted by molar-refractivity contribution is 0.101. The first-order valence-electron chi connectivity index (χ1n) is 5.55. The van der Waals surface area contributed by atoms with Gasteiger partial charge in [-0.1, -0.05) is 31.5 Å². The van der Waals surface area contributed by atoms with Gasteiger partial charge in [-0.2, -0.15) is 0 Å². The van der Waals surface area contributed by atoms with E-state index in [1.807, 2.05) is 39.0 Å². The highest BCUT2D eigenvalue weighted by molar-refractivity contribution is 5.94. The van der Waals surface area contributed by atoms with Gasteiger partial charge in [0, 0.05) is 12.3 Å². The molecular formula is C14H17NO. The maximum atomic E-state index is 11.1. The Hall–Kier alpha value is -1.70. The van der Waals surface area contributed by atoms with Crippen molar-refractivity contribution >= 4 is 16.7 Å².